The Morgan fingerprint density at radius 2 is 2.14 bits per heavy atom. The number of hydrogen-bond donors (Lipinski definition) is 1. The number of carboxylic acids is 1. The van der Waals surface area contributed by atoms with E-state index < -0.39 is 11.4 Å². The Kier molecular flexibility index (Phi) is 4.26. The number of nitrogens with zero attached hydrogens (tertiary/aromatic N) is 2. The summed E-state index contributed by atoms with van der Waals surface area (Å²) >= 11 is 0. The number of aliphatic carboxylic acids is 1. The summed E-state index contributed by atoms with van der Waals surface area (Å²) in [5.41, 5.74) is 0.327. The first kappa shape index (κ1) is 15.0. The number of ether oxygens (including phenoxy) is 1. The SMILES string of the molecule is COc1cccc(-c2nnc(CC(C)(C)CC(=O)O)o2)c1. The van der Waals surface area contributed by atoms with Gasteiger partial charge in [0.25, 0.3) is 0 Å². The van der Waals surface area contributed by atoms with E-state index in [-0.39, 0.29) is 6.42 Å². The average Bonchev–Trinajstić information content (AvgIpc) is 2.85. The van der Waals surface area contributed by atoms with Crippen molar-refractivity contribution in [2.75, 3.05) is 7.11 Å². The lowest BCUT2D eigenvalue weighted by molar-refractivity contribution is -0.139. The molecule has 0 atom stereocenters. The highest BCUT2D eigenvalue weighted by Crippen LogP contribution is 2.28. The van der Waals surface area contributed by atoms with Crippen molar-refractivity contribution in [1.29, 1.82) is 0 Å². The van der Waals surface area contributed by atoms with Crippen molar-refractivity contribution in [3.05, 3.63) is 30.2 Å². The zero-order valence-electron chi connectivity index (χ0n) is 12.3. The summed E-state index contributed by atoms with van der Waals surface area (Å²) in [7, 11) is 1.59. The maximum atomic E-state index is 10.8. The largest absolute Gasteiger partial charge is 0.497 e. The molecule has 1 aromatic heterocycles. The van der Waals surface area contributed by atoms with Gasteiger partial charge in [0.1, 0.15) is 5.75 Å². The number of carboxylic acid groups (broad SMARTS) is 1. The summed E-state index contributed by atoms with van der Waals surface area (Å²) in [6.45, 7) is 3.72. The van der Waals surface area contributed by atoms with Gasteiger partial charge in [0, 0.05) is 12.0 Å². The predicted molar refractivity (Wildman–Crippen MR) is 76.0 cm³/mol. The Balaban J connectivity index is 2.16. The molecule has 6 nitrogen and oxygen atoms in total. The van der Waals surface area contributed by atoms with Gasteiger partial charge in [0.2, 0.25) is 11.8 Å². The van der Waals surface area contributed by atoms with E-state index in [2.05, 4.69) is 10.2 Å². The molecule has 0 spiro atoms. The summed E-state index contributed by atoms with van der Waals surface area (Å²) in [6, 6.07) is 7.32. The molecule has 0 bridgehead atoms. The van der Waals surface area contributed by atoms with Crippen LogP contribution in [0.15, 0.2) is 28.7 Å². The first-order valence-electron chi connectivity index (χ1n) is 6.58. The van der Waals surface area contributed by atoms with Gasteiger partial charge < -0.3 is 14.3 Å². The first-order chi connectivity index (χ1) is 9.89. The highest BCUT2D eigenvalue weighted by Gasteiger charge is 2.25. The molecule has 21 heavy (non-hydrogen) atoms. The van der Waals surface area contributed by atoms with Crippen molar-refractivity contribution >= 4 is 5.97 Å². The predicted octanol–water partition coefficient (Wildman–Crippen LogP) is 2.79. The van der Waals surface area contributed by atoms with E-state index in [9.17, 15) is 4.79 Å². The maximum Gasteiger partial charge on any atom is 0.303 e. The third-order valence-corrected chi connectivity index (χ3v) is 3.04. The summed E-state index contributed by atoms with van der Waals surface area (Å²) < 4.78 is 10.8. The van der Waals surface area contributed by atoms with Gasteiger partial charge in [-0.25, -0.2) is 0 Å². The zero-order valence-corrected chi connectivity index (χ0v) is 12.3. The Labute approximate surface area is 122 Å². The second kappa shape index (κ2) is 5.95. The molecule has 0 aliphatic rings. The molecule has 1 N–H and O–H groups in total. The molecule has 0 aliphatic heterocycles. The minimum atomic E-state index is -0.840. The molecule has 112 valence electrons. The molecule has 0 saturated heterocycles. The molecule has 0 amide bonds. The smallest absolute Gasteiger partial charge is 0.303 e. The van der Waals surface area contributed by atoms with E-state index in [4.69, 9.17) is 14.3 Å². The summed E-state index contributed by atoms with van der Waals surface area (Å²) in [4.78, 5) is 10.8. The summed E-state index contributed by atoms with van der Waals surface area (Å²) in [5, 5.41) is 16.9. The van der Waals surface area contributed by atoms with Crippen LogP contribution in [0.3, 0.4) is 0 Å². The van der Waals surface area contributed by atoms with Crippen molar-refractivity contribution < 1.29 is 19.1 Å². The molecule has 0 unspecified atom stereocenters. The normalized spacial score (nSPS) is 11.4. The highest BCUT2D eigenvalue weighted by molar-refractivity contribution is 5.67. The Morgan fingerprint density at radius 3 is 2.81 bits per heavy atom. The van der Waals surface area contributed by atoms with E-state index in [1.54, 1.807) is 13.2 Å². The van der Waals surface area contributed by atoms with Crippen molar-refractivity contribution in [2.45, 2.75) is 26.7 Å². The van der Waals surface area contributed by atoms with Gasteiger partial charge in [0.05, 0.1) is 13.5 Å². The Hall–Kier alpha value is -2.37. The quantitative estimate of drug-likeness (QED) is 0.880. The van der Waals surface area contributed by atoms with Crippen LogP contribution in [0.2, 0.25) is 0 Å². The second-order valence-electron chi connectivity index (χ2n) is 5.64. The van der Waals surface area contributed by atoms with Gasteiger partial charge in [-0.3, -0.25) is 4.79 Å². The van der Waals surface area contributed by atoms with Crippen LogP contribution < -0.4 is 4.74 Å². The molecule has 2 aromatic rings. The topological polar surface area (TPSA) is 85.5 Å². The molecule has 6 heteroatoms. The lowest BCUT2D eigenvalue weighted by Crippen LogP contribution is -2.19. The van der Waals surface area contributed by atoms with Crippen LogP contribution in [-0.2, 0) is 11.2 Å². The zero-order chi connectivity index (χ0) is 15.5. The number of methoxy groups -OCH3 is 1. The maximum absolute atomic E-state index is 10.8. The number of hydrogen-bond acceptors (Lipinski definition) is 5. The van der Waals surface area contributed by atoms with Gasteiger partial charge in [-0.05, 0) is 23.6 Å². The van der Waals surface area contributed by atoms with Crippen LogP contribution in [0.1, 0.15) is 26.2 Å². The number of aromatic nitrogens is 2. The van der Waals surface area contributed by atoms with Gasteiger partial charge in [0.15, 0.2) is 0 Å². The van der Waals surface area contributed by atoms with Crippen LogP contribution in [-0.4, -0.2) is 28.4 Å². The van der Waals surface area contributed by atoms with Gasteiger partial charge in [-0.1, -0.05) is 19.9 Å². The van der Waals surface area contributed by atoms with E-state index in [0.29, 0.717) is 24.0 Å². The first-order valence-corrected chi connectivity index (χ1v) is 6.58. The molecular formula is C15H18N2O4. The average molecular weight is 290 g/mol. The molecule has 0 fully saturated rings. The third kappa shape index (κ3) is 4.05. The Bertz CT molecular complexity index is 634. The van der Waals surface area contributed by atoms with Gasteiger partial charge in [-0.15, -0.1) is 10.2 Å². The van der Waals surface area contributed by atoms with Crippen molar-refractivity contribution in [3.63, 3.8) is 0 Å². The lowest BCUT2D eigenvalue weighted by atomic mass is 9.86. The van der Waals surface area contributed by atoms with Crippen LogP contribution in [0.25, 0.3) is 11.5 Å². The fourth-order valence-corrected chi connectivity index (χ4v) is 2.08. The number of rotatable bonds is 6. The molecule has 0 radical (unpaired) electrons. The summed E-state index contributed by atoms with van der Waals surface area (Å²) in [5.74, 6) is 0.695. The fraction of sp³-hybridized carbons (Fsp3) is 0.400. The van der Waals surface area contributed by atoms with Crippen LogP contribution in [0.5, 0.6) is 5.75 Å². The minimum Gasteiger partial charge on any atom is -0.497 e. The second-order valence-corrected chi connectivity index (χ2v) is 5.64. The number of benzene rings is 1. The van der Waals surface area contributed by atoms with Crippen LogP contribution in [0.4, 0.5) is 0 Å². The van der Waals surface area contributed by atoms with E-state index in [0.717, 1.165) is 5.56 Å². The van der Waals surface area contributed by atoms with Crippen LogP contribution in [0, 0.1) is 5.41 Å². The summed E-state index contributed by atoms with van der Waals surface area (Å²) in [6.07, 6.45) is 0.458. The molecule has 0 saturated carbocycles. The molecule has 2 rings (SSSR count). The van der Waals surface area contributed by atoms with Crippen molar-refractivity contribution in [3.8, 4) is 17.2 Å². The van der Waals surface area contributed by atoms with E-state index in [1.165, 1.54) is 0 Å². The van der Waals surface area contributed by atoms with E-state index in [1.807, 2.05) is 32.0 Å². The lowest BCUT2D eigenvalue weighted by Gasteiger charge is -2.19. The van der Waals surface area contributed by atoms with Gasteiger partial charge >= 0.3 is 5.97 Å². The minimum absolute atomic E-state index is 0.0455. The molecular weight excluding hydrogens is 272 g/mol. The van der Waals surface area contributed by atoms with E-state index >= 15 is 0 Å². The highest BCUT2D eigenvalue weighted by atomic mass is 16.5. The number of carbonyl (C=O) groups is 1. The third-order valence-electron chi connectivity index (χ3n) is 3.04. The Morgan fingerprint density at radius 1 is 1.38 bits per heavy atom. The molecule has 0 aliphatic carbocycles. The molecule has 1 aromatic carbocycles. The van der Waals surface area contributed by atoms with Crippen LogP contribution >= 0.6 is 0 Å². The van der Waals surface area contributed by atoms with Gasteiger partial charge in [-0.2, -0.15) is 0 Å². The fourth-order valence-electron chi connectivity index (χ4n) is 2.08. The van der Waals surface area contributed by atoms with Crippen molar-refractivity contribution in [1.82, 2.24) is 10.2 Å². The molecule has 1 heterocycles. The standard InChI is InChI=1S/C15H18N2O4/c1-15(2,9-13(18)19)8-12-16-17-14(21-12)10-5-4-6-11(7-10)20-3/h4-7H,8-9H2,1-3H3,(H,18,19). The van der Waals surface area contributed by atoms with Crippen molar-refractivity contribution in [2.24, 2.45) is 5.41 Å². The monoisotopic (exact) mass is 290 g/mol.